The fourth-order valence-corrected chi connectivity index (χ4v) is 3.17. The second-order valence-electron chi connectivity index (χ2n) is 5.08. The fourth-order valence-electron chi connectivity index (χ4n) is 2.23. The van der Waals surface area contributed by atoms with Crippen LogP contribution in [-0.4, -0.2) is 42.7 Å². The minimum absolute atomic E-state index is 0.0294. The van der Waals surface area contributed by atoms with Crippen LogP contribution in [0.4, 0.5) is 5.69 Å². The maximum absolute atomic E-state index is 12.1. The first-order chi connectivity index (χ1) is 11.0. The first kappa shape index (κ1) is 17.3. The van der Waals surface area contributed by atoms with E-state index >= 15 is 0 Å². The summed E-state index contributed by atoms with van der Waals surface area (Å²) in [4.78, 5) is 38.1. The number of para-hydroxylation sites is 1. The number of nitrogens with zero attached hydrogens (tertiary/aromatic N) is 1. The molecule has 1 aliphatic heterocycles. The number of anilines is 1. The third kappa shape index (κ3) is 4.48. The van der Waals surface area contributed by atoms with Gasteiger partial charge >= 0.3 is 5.97 Å². The van der Waals surface area contributed by atoms with Crippen LogP contribution < -0.4 is 10.2 Å². The third-order valence-electron chi connectivity index (χ3n) is 3.38. The molecule has 1 aromatic rings. The molecule has 0 spiro atoms. The molecule has 23 heavy (non-hydrogen) atoms. The average molecular weight is 336 g/mol. The van der Waals surface area contributed by atoms with Gasteiger partial charge in [-0.25, -0.2) is 0 Å². The topological polar surface area (TPSA) is 75.7 Å². The van der Waals surface area contributed by atoms with Gasteiger partial charge in [0.05, 0.1) is 17.9 Å². The van der Waals surface area contributed by atoms with Crippen LogP contribution in [0.1, 0.15) is 20.3 Å². The zero-order chi connectivity index (χ0) is 16.8. The SMILES string of the molecule is CCNC(=O)[C@H](C)OC(=O)CCN1C(=O)CSc2ccccc21. The molecule has 0 radical (unpaired) electrons. The maximum atomic E-state index is 12.1. The number of likely N-dealkylation sites (N-methyl/N-ethyl adjacent to an activating group) is 1. The lowest BCUT2D eigenvalue weighted by Gasteiger charge is -2.28. The summed E-state index contributed by atoms with van der Waals surface area (Å²) in [5, 5.41) is 2.59. The molecule has 0 fully saturated rings. The van der Waals surface area contributed by atoms with Gasteiger partial charge in [0.2, 0.25) is 5.91 Å². The lowest BCUT2D eigenvalue weighted by Crippen LogP contribution is -2.38. The average Bonchev–Trinajstić information content (AvgIpc) is 2.54. The number of ether oxygens (including phenoxy) is 1. The molecular formula is C16H20N2O4S. The summed E-state index contributed by atoms with van der Waals surface area (Å²) in [7, 11) is 0. The smallest absolute Gasteiger partial charge is 0.308 e. The van der Waals surface area contributed by atoms with Crippen molar-refractivity contribution in [3.05, 3.63) is 24.3 Å². The predicted octanol–water partition coefficient (Wildman–Crippen LogP) is 1.58. The van der Waals surface area contributed by atoms with Gasteiger partial charge in [0, 0.05) is 18.0 Å². The molecule has 1 heterocycles. The van der Waals surface area contributed by atoms with Crippen molar-refractivity contribution in [1.82, 2.24) is 5.32 Å². The van der Waals surface area contributed by atoms with E-state index in [4.69, 9.17) is 4.74 Å². The number of nitrogens with one attached hydrogen (secondary N) is 1. The zero-order valence-corrected chi connectivity index (χ0v) is 14.0. The van der Waals surface area contributed by atoms with Crippen molar-refractivity contribution in [3.8, 4) is 0 Å². The maximum Gasteiger partial charge on any atom is 0.308 e. The van der Waals surface area contributed by atoms with Gasteiger partial charge in [-0.05, 0) is 26.0 Å². The van der Waals surface area contributed by atoms with Crippen molar-refractivity contribution in [2.75, 3.05) is 23.7 Å². The molecule has 124 valence electrons. The minimum Gasteiger partial charge on any atom is -0.452 e. The molecule has 1 atom stereocenters. The number of carbonyl (C=O) groups excluding carboxylic acids is 3. The first-order valence-electron chi connectivity index (χ1n) is 7.52. The van der Waals surface area contributed by atoms with E-state index < -0.39 is 12.1 Å². The van der Waals surface area contributed by atoms with E-state index in [9.17, 15) is 14.4 Å². The predicted molar refractivity (Wildman–Crippen MR) is 88.4 cm³/mol. The Morgan fingerprint density at radius 2 is 2.13 bits per heavy atom. The Balaban J connectivity index is 1.91. The Bertz CT molecular complexity index is 605. The molecule has 0 saturated carbocycles. The van der Waals surface area contributed by atoms with Crippen molar-refractivity contribution >= 4 is 35.2 Å². The Hall–Kier alpha value is -2.02. The number of carbonyl (C=O) groups is 3. The van der Waals surface area contributed by atoms with E-state index in [1.165, 1.54) is 18.7 Å². The third-order valence-corrected chi connectivity index (χ3v) is 4.42. The molecule has 0 bridgehead atoms. The highest BCUT2D eigenvalue weighted by atomic mass is 32.2. The zero-order valence-electron chi connectivity index (χ0n) is 13.2. The van der Waals surface area contributed by atoms with Crippen LogP contribution in [0, 0.1) is 0 Å². The highest BCUT2D eigenvalue weighted by Crippen LogP contribution is 2.34. The van der Waals surface area contributed by atoms with E-state index in [0.717, 1.165) is 10.6 Å². The van der Waals surface area contributed by atoms with E-state index in [1.807, 2.05) is 24.3 Å². The molecular weight excluding hydrogens is 316 g/mol. The second-order valence-corrected chi connectivity index (χ2v) is 6.10. The standard InChI is InChI=1S/C16H20N2O4S/c1-3-17-16(21)11(2)22-15(20)8-9-18-12-6-4-5-7-13(12)23-10-14(18)19/h4-7,11H,3,8-10H2,1-2H3,(H,17,21)/t11-/m0/s1. The van der Waals surface area contributed by atoms with Gasteiger partial charge in [0.15, 0.2) is 6.10 Å². The van der Waals surface area contributed by atoms with Crippen molar-refractivity contribution in [2.24, 2.45) is 0 Å². The molecule has 2 rings (SSSR count). The second kappa shape index (κ2) is 8.01. The van der Waals surface area contributed by atoms with Gasteiger partial charge in [-0.1, -0.05) is 12.1 Å². The van der Waals surface area contributed by atoms with E-state index in [0.29, 0.717) is 12.3 Å². The van der Waals surface area contributed by atoms with Crippen LogP contribution in [0.2, 0.25) is 0 Å². The summed E-state index contributed by atoms with van der Waals surface area (Å²) in [5.74, 6) is -0.483. The van der Waals surface area contributed by atoms with Crippen LogP contribution in [-0.2, 0) is 19.1 Å². The number of benzene rings is 1. The van der Waals surface area contributed by atoms with Crippen LogP contribution in [0.3, 0.4) is 0 Å². The van der Waals surface area contributed by atoms with Gasteiger partial charge in [0.1, 0.15) is 0 Å². The number of thioether (sulfide) groups is 1. The summed E-state index contributed by atoms with van der Waals surface area (Å²) in [5.41, 5.74) is 0.818. The minimum atomic E-state index is -0.831. The summed E-state index contributed by atoms with van der Waals surface area (Å²) >= 11 is 1.49. The van der Waals surface area contributed by atoms with Crippen LogP contribution >= 0.6 is 11.8 Å². The quantitative estimate of drug-likeness (QED) is 0.798. The van der Waals surface area contributed by atoms with E-state index in [1.54, 1.807) is 11.8 Å². The summed E-state index contributed by atoms with van der Waals surface area (Å²) < 4.78 is 5.08. The van der Waals surface area contributed by atoms with Crippen molar-refractivity contribution in [2.45, 2.75) is 31.3 Å². The molecule has 2 amide bonds. The lowest BCUT2D eigenvalue weighted by molar-refractivity contribution is -0.154. The molecule has 1 aromatic carbocycles. The molecule has 0 saturated heterocycles. The van der Waals surface area contributed by atoms with Gasteiger partial charge in [-0.2, -0.15) is 0 Å². The molecule has 0 unspecified atom stereocenters. The van der Waals surface area contributed by atoms with E-state index in [2.05, 4.69) is 5.32 Å². The highest BCUT2D eigenvalue weighted by molar-refractivity contribution is 8.00. The molecule has 0 aromatic heterocycles. The van der Waals surface area contributed by atoms with Gasteiger partial charge in [-0.15, -0.1) is 11.8 Å². The number of esters is 1. The van der Waals surface area contributed by atoms with Gasteiger partial charge in [0.25, 0.3) is 5.91 Å². The Morgan fingerprint density at radius 3 is 2.87 bits per heavy atom. The summed E-state index contributed by atoms with van der Waals surface area (Å²) in [6.45, 7) is 4.06. The number of rotatable bonds is 6. The summed E-state index contributed by atoms with van der Waals surface area (Å²) in [6, 6.07) is 7.60. The normalized spacial score (nSPS) is 14.9. The number of hydrogen-bond acceptors (Lipinski definition) is 5. The van der Waals surface area contributed by atoms with Crippen molar-refractivity contribution < 1.29 is 19.1 Å². The number of amides is 2. The summed E-state index contributed by atoms with van der Waals surface area (Å²) in [6.07, 6.45) is -0.781. The first-order valence-corrected chi connectivity index (χ1v) is 8.51. The monoisotopic (exact) mass is 336 g/mol. The Morgan fingerprint density at radius 1 is 1.39 bits per heavy atom. The fraction of sp³-hybridized carbons (Fsp3) is 0.438. The molecule has 1 aliphatic rings. The number of hydrogen-bond donors (Lipinski definition) is 1. The largest absolute Gasteiger partial charge is 0.452 e. The van der Waals surface area contributed by atoms with Crippen LogP contribution in [0.15, 0.2) is 29.2 Å². The molecule has 7 heteroatoms. The molecule has 0 aliphatic carbocycles. The Labute approximate surface area is 139 Å². The number of fused-ring (bicyclic) bond motifs is 1. The lowest BCUT2D eigenvalue weighted by atomic mass is 10.2. The van der Waals surface area contributed by atoms with Crippen molar-refractivity contribution in [3.63, 3.8) is 0 Å². The molecule has 6 nitrogen and oxygen atoms in total. The van der Waals surface area contributed by atoms with E-state index in [-0.39, 0.29) is 24.8 Å². The Kier molecular flexibility index (Phi) is 6.04. The van der Waals surface area contributed by atoms with Gasteiger partial charge in [-0.3, -0.25) is 14.4 Å². The van der Waals surface area contributed by atoms with Crippen LogP contribution in [0.5, 0.6) is 0 Å². The van der Waals surface area contributed by atoms with Gasteiger partial charge < -0.3 is 15.0 Å². The highest BCUT2D eigenvalue weighted by Gasteiger charge is 2.25. The molecule has 1 N–H and O–H groups in total. The van der Waals surface area contributed by atoms with Crippen LogP contribution in [0.25, 0.3) is 0 Å². The van der Waals surface area contributed by atoms with Crippen molar-refractivity contribution in [1.29, 1.82) is 0 Å².